The average molecular weight is 278 g/mol. The van der Waals surface area contributed by atoms with Crippen molar-refractivity contribution in [1.29, 1.82) is 0 Å². The number of amides is 1. The number of imidazole rings is 1. The number of fused-ring (bicyclic) bond motifs is 1. The number of nitrogens with zero attached hydrogens (tertiary/aromatic N) is 3. The van der Waals surface area contributed by atoms with E-state index in [0.717, 1.165) is 58.1 Å². The van der Waals surface area contributed by atoms with E-state index in [1.807, 2.05) is 12.4 Å². The molecular weight excluding hydrogens is 256 g/mol. The summed E-state index contributed by atoms with van der Waals surface area (Å²) in [5, 5.41) is 3.06. The van der Waals surface area contributed by atoms with Crippen LogP contribution in [0.5, 0.6) is 0 Å². The average Bonchev–Trinajstić information content (AvgIpc) is 2.93. The Morgan fingerprint density at radius 1 is 1.40 bits per heavy atom. The minimum Gasteiger partial charge on any atom is -0.379 e. The van der Waals surface area contributed by atoms with Crippen molar-refractivity contribution < 1.29 is 9.53 Å². The van der Waals surface area contributed by atoms with E-state index >= 15 is 0 Å². The molecule has 1 aromatic heterocycles. The van der Waals surface area contributed by atoms with Gasteiger partial charge in [-0.2, -0.15) is 0 Å². The van der Waals surface area contributed by atoms with Gasteiger partial charge in [-0.1, -0.05) is 0 Å². The van der Waals surface area contributed by atoms with Gasteiger partial charge >= 0.3 is 0 Å². The second kappa shape index (κ2) is 6.37. The van der Waals surface area contributed by atoms with E-state index < -0.39 is 0 Å². The van der Waals surface area contributed by atoms with Crippen molar-refractivity contribution in [2.75, 3.05) is 39.4 Å². The maximum atomic E-state index is 11.9. The Labute approximate surface area is 119 Å². The largest absolute Gasteiger partial charge is 0.379 e. The zero-order chi connectivity index (χ0) is 13.8. The van der Waals surface area contributed by atoms with Crippen molar-refractivity contribution in [2.45, 2.75) is 19.4 Å². The summed E-state index contributed by atoms with van der Waals surface area (Å²) in [5.74, 6) is 1.78. The number of nitrogens with one attached hydrogen (secondary N) is 1. The summed E-state index contributed by atoms with van der Waals surface area (Å²) >= 11 is 0. The van der Waals surface area contributed by atoms with E-state index in [2.05, 4.69) is 19.8 Å². The fraction of sp³-hybridized carbons (Fsp3) is 0.714. The molecule has 0 aromatic carbocycles. The molecule has 1 atom stereocenters. The second-order valence-electron chi connectivity index (χ2n) is 5.59. The first-order chi connectivity index (χ1) is 9.81. The number of morpholine rings is 1. The molecule has 6 heteroatoms. The molecule has 1 unspecified atom stereocenters. The van der Waals surface area contributed by atoms with E-state index in [-0.39, 0.29) is 5.91 Å². The van der Waals surface area contributed by atoms with Gasteiger partial charge in [0.15, 0.2) is 0 Å². The SMILES string of the molecule is O=C(CN1CCOCC1)NCC1CCn2ccnc2C1. The number of hydrogen-bond acceptors (Lipinski definition) is 4. The summed E-state index contributed by atoms with van der Waals surface area (Å²) in [5.41, 5.74) is 0. The van der Waals surface area contributed by atoms with Gasteiger partial charge in [-0.05, 0) is 12.3 Å². The third kappa shape index (κ3) is 3.37. The van der Waals surface area contributed by atoms with Gasteiger partial charge < -0.3 is 14.6 Å². The monoisotopic (exact) mass is 278 g/mol. The molecule has 1 saturated heterocycles. The minimum atomic E-state index is 0.126. The standard InChI is InChI=1S/C14H22N4O2/c19-14(11-17-5-7-20-8-6-17)16-10-12-1-3-18-4-2-15-13(18)9-12/h2,4,12H,1,3,5-11H2,(H,16,19). The summed E-state index contributed by atoms with van der Waals surface area (Å²) < 4.78 is 7.48. The highest BCUT2D eigenvalue weighted by molar-refractivity contribution is 5.78. The number of aryl methyl sites for hydroxylation is 1. The molecule has 1 N–H and O–H groups in total. The first-order valence-electron chi connectivity index (χ1n) is 7.38. The van der Waals surface area contributed by atoms with Crippen LogP contribution in [0.2, 0.25) is 0 Å². The summed E-state index contributed by atoms with van der Waals surface area (Å²) in [6.07, 6.45) is 5.96. The van der Waals surface area contributed by atoms with Crippen LogP contribution in [0.1, 0.15) is 12.2 Å². The third-order valence-electron chi connectivity index (χ3n) is 4.11. The van der Waals surface area contributed by atoms with Gasteiger partial charge in [-0.15, -0.1) is 0 Å². The molecular formula is C14H22N4O2. The third-order valence-corrected chi connectivity index (χ3v) is 4.11. The minimum absolute atomic E-state index is 0.126. The molecule has 2 aliphatic heterocycles. The maximum absolute atomic E-state index is 11.9. The Balaban J connectivity index is 1.40. The van der Waals surface area contributed by atoms with Gasteiger partial charge in [0, 0.05) is 45.0 Å². The number of aromatic nitrogens is 2. The molecule has 0 bridgehead atoms. The first-order valence-corrected chi connectivity index (χ1v) is 7.38. The van der Waals surface area contributed by atoms with Gasteiger partial charge in [0.05, 0.1) is 19.8 Å². The molecule has 1 amide bonds. The Kier molecular flexibility index (Phi) is 4.32. The number of hydrogen-bond donors (Lipinski definition) is 1. The van der Waals surface area contributed by atoms with Gasteiger partial charge in [-0.3, -0.25) is 9.69 Å². The van der Waals surface area contributed by atoms with Crippen LogP contribution >= 0.6 is 0 Å². The van der Waals surface area contributed by atoms with E-state index in [1.54, 1.807) is 0 Å². The summed E-state index contributed by atoms with van der Waals surface area (Å²) in [4.78, 5) is 18.4. The molecule has 1 aromatic rings. The van der Waals surface area contributed by atoms with Gasteiger partial charge in [0.25, 0.3) is 0 Å². The van der Waals surface area contributed by atoms with Crippen LogP contribution in [0.4, 0.5) is 0 Å². The molecule has 0 radical (unpaired) electrons. The summed E-state index contributed by atoms with van der Waals surface area (Å²) in [6.45, 7) is 5.44. The van der Waals surface area contributed by atoms with Gasteiger partial charge in [0.1, 0.15) is 5.82 Å². The molecule has 110 valence electrons. The second-order valence-corrected chi connectivity index (χ2v) is 5.59. The predicted molar refractivity (Wildman–Crippen MR) is 74.3 cm³/mol. The normalized spacial score (nSPS) is 23.3. The predicted octanol–water partition coefficient (Wildman–Crippen LogP) is -0.106. The van der Waals surface area contributed by atoms with Crippen molar-refractivity contribution in [1.82, 2.24) is 19.8 Å². The lowest BCUT2D eigenvalue weighted by molar-refractivity contribution is -0.123. The molecule has 20 heavy (non-hydrogen) atoms. The van der Waals surface area contributed by atoms with Gasteiger partial charge in [-0.25, -0.2) is 4.98 Å². The smallest absolute Gasteiger partial charge is 0.234 e. The number of ether oxygens (including phenoxy) is 1. The Morgan fingerprint density at radius 2 is 2.25 bits per heavy atom. The van der Waals surface area contributed by atoms with Crippen LogP contribution in [0.3, 0.4) is 0 Å². The Hall–Kier alpha value is -1.40. The van der Waals surface area contributed by atoms with E-state index in [1.165, 1.54) is 0 Å². The maximum Gasteiger partial charge on any atom is 0.234 e. The molecule has 0 spiro atoms. The van der Waals surface area contributed by atoms with E-state index in [9.17, 15) is 4.79 Å². The highest BCUT2D eigenvalue weighted by Gasteiger charge is 2.20. The quantitative estimate of drug-likeness (QED) is 0.835. The molecule has 2 aliphatic rings. The van der Waals surface area contributed by atoms with Crippen molar-refractivity contribution in [3.8, 4) is 0 Å². The number of rotatable bonds is 4. The van der Waals surface area contributed by atoms with Crippen molar-refractivity contribution in [3.63, 3.8) is 0 Å². The van der Waals surface area contributed by atoms with E-state index in [0.29, 0.717) is 12.5 Å². The van der Waals surface area contributed by atoms with Crippen LogP contribution in [-0.2, 0) is 22.5 Å². The highest BCUT2D eigenvalue weighted by atomic mass is 16.5. The zero-order valence-electron chi connectivity index (χ0n) is 11.8. The van der Waals surface area contributed by atoms with Crippen molar-refractivity contribution >= 4 is 5.91 Å². The number of carbonyl (C=O) groups is 1. The molecule has 3 heterocycles. The Bertz CT molecular complexity index is 454. The van der Waals surface area contributed by atoms with Crippen molar-refractivity contribution in [3.05, 3.63) is 18.2 Å². The highest BCUT2D eigenvalue weighted by Crippen LogP contribution is 2.18. The Morgan fingerprint density at radius 3 is 3.10 bits per heavy atom. The van der Waals surface area contributed by atoms with Crippen LogP contribution in [0.25, 0.3) is 0 Å². The molecule has 0 saturated carbocycles. The lowest BCUT2D eigenvalue weighted by Crippen LogP contribution is -2.44. The zero-order valence-corrected chi connectivity index (χ0v) is 11.8. The lowest BCUT2D eigenvalue weighted by atomic mass is 9.98. The van der Waals surface area contributed by atoms with Crippen molar-refractivity contribution in [2.24, 2.45) is 5.92 Å². The molecule has 3 rings (SSSR count). The lowest BCUT2D eigenvalue weighted by Gasteiger charge is -2.27. The molecule has 0 aliphatic carbocycles. The van der Waals surface area contributed by atoms with Crippen LogP contribution in [-0.4, -0.2) is 59.8 Å². The molecule has 1 fully saturated rings. The fourth-order valence-corrected chi connectivity index (χ4v) is 2.87. The molecule has 6 nitrogen and oxygen atoms in total. The number of carbonyl (C=O) groups excluding carboxylic acids is 1. The topological polar surface area (TPSA) is 59.4 Å². The fourth-order valence-electron chi connectivity index (χ4n) is 2.87. The van der Waals surface area contributed by atoms with Crippen LogP contribution in [0.15, 0.2) is 12.4 Å². The summed E-state index contributed by atoms with van der Waals surface area (Å²) in [6, 6.07) is 0. The van der Waals surface area contributed by atoms with E-state index in [4.69, 9.17) is 4.74 Å². The van der Waals surface area contributed by atoms with Gasteiger partial charge in [0.2, 0.25) is 5.91 Å². The van der Waals surface area contributed by atoms with Crippen LogP contribution in [0, 0.1) is 5.92 Å². The summed E-state index contributed by atoms with van der Waals surface area (Å²) in [7, 11) is 0. The van der Waals surface area contributed by atoms with Crippen LogP contribution < -0.4 is 5.32 Å². The first kappa shape index (κ1) is 13.6.